The van der Waals surface area contributed by atoms with Crippen LogP contribution in [0.3, 0.4) is 0 Å². The van der Waals surface area contributed by atoms with E-state index < -0.39 is 11.7 Å². The molecule has 0 heterocycles. The van der Waals surface area contributed by atoms with Crippen molar-refractivity contribution in [3.8, 4) is 0 Å². The van der Waals surface area contributed by atoms with E-state index in [0.29, 0.717) is 11.4 Å². The highest BCUT2D eigenvalue weighted by atomic mass is 19.1. The molecule has 0 aliphatic rings. The third-order valence-corrected chi connectivity index (χ3v) is 2.74. The summed E-state index contributed by atoms with van der Waals surface area (Å²) in [5.74, 6) is -1.41. The van der Waals surface area contributed by atoms with Crippen LogP contribution in [0.25, 0.3) is 0 Å². The van der Waals surface area contributed by atoms with Crippen molar-refractivity contribution in [3.63, 3.8) is 0 Å². The molecule has 0 bridgehead atoms. The summed E-state index contributed by atoms with van der Waals surface area (Å²) >= 11 is 0. The Hall–Kier alpha value is -2.89. The number of hydrogen-bond acceptors (Lipinski definition) is 3. The lowest BCUT2D eigenvalue weighted by molar-refractivity contribution is -0.114. The van der Waals surface area contributed by atoms with Gasteiger partial charge >= 0.3 is 0 Å². The van der Waals surface area contributed by atoms with Crippen molar-refractivity contribution in [2.75, 3.05) is 16.4 Å². The predicted molar refractivity (Wildman–Crippen MR) is 79.5 cm³/mol. The summed E-state index contributed by atoms with van der Waals surface area (Å²) < 4.78 is 13.7. The zero-order valence-electron chi connectivity index (χ0n) is 11.3. The first kappa shape index (κ1) is 14.5. The van der Waals surface area contributed by atoms with E-state index in [-0.39, 0.29) is 17.2 Å². The van der Waals surface area contributed by atoms with Crippen LogP contribution < -0.4 is 16.4 Å². The van der Waals surface area contributed by atoms with Crippen LogP contribution in [0.5, 0.6) is 0 Å². The molecular formula is C15H14FN3O2. The van der Waals surface area contributed by atoms with Crippen LogP contribution in [0.15, 0.2) is 42.5 Å². The summed E-state index contributed by atoms with van der Waals surface area (Å²) in [7, 11) is 0. The zero-order chi connectivity index (χ0) is 15.4. The molecule has 6 heteroatoms. The molecule has 0 spiro atoms. The first-order chi connectivity index (χ1) is 9.97. The Morgan fingerprint density at radius 1 is 1.10 bits per heavy atom. The van der Waals surface area contributed by atoms with Gasteiger partial charge in [-0.15, -0.1) is 0 Å². The Bertz CT molecular complexity index is 701. The lowest BCUT2D eigenvalue weighted by Gasteiger charge is -2.10. The topological polar surface area (TPSA) is 84.2 Å². The van der Waals surface area contributed by atoms with Gasteiger partial charge in [0, 0.05) is 18.3 Å². The molecule has 0 radical (unpaired) electrons. The highest BCUT2D eigenvalue weighted by Crippen LogP contribution is 2.21. The minimum Gasteiger partial charge on any atom is -0.398 e. The van der Waals surface area contributed by atoms with Gasteiger partial charge in [0.05, 0.1) is 11.3 Å². The van der Waals surface area contributed by atoms with E-state index in [4.69, 9.17) is 5.73 Å². The standard InChI is InChI=1S/C15H14FN3O2/c1-9(20)18-10-6-7-12(16)14(8-10)19-15(21)11-4-2-3-5-13(11)17/h2-8H,17H2,1H3,(H,18,20)(H,19,21). The second-order valence-electron chi connectivity index (χ2n) is 4.42. The third kappa shape index (κ3) is 3.56. The van der Waals surface area contributed by atoms with Gasteiger partial charge in [0.25, 0.3) is 5.91 Å². The second kappa shape index (κ2) is 6.04. The van der Waals surface area contributed by atoms with Gasteiger partial charge in [-0.25, -0.2) is 4.39 Å². The smallest absolute Gasteiger partial charge is 0.257 e. The normalized spacial score (nSPS) is 10.0. The summed E-state index contributed by atoms with van der Waals surface area (Å²) in [4.78, 5) is 23.1. The van der Waals surface area contributed by atoms with Crippen molar-refractivity contribution in [2.24, 2.45) is 0 Å². The molecule has 0 aliphatic carbocycles. The Morgan fingerprint density at radius 3 is 2.48 bits per heavy atom. The molecule has 0 saturated carbocycles. The number of benzene rings is 2. The Morgan fingerprint density at radius 2 is 1.81 bits per heavy atom. The van der Waals surface area contributed by atoms with Gasteiger partial charge in [-0.1, -0.05) is 12.1 Å². The van der Waals surface area contributed by atoms with Gasteiger partial charge in [0.2, 0.25) is 5.91 Å². The number of amides is 2. The molecule has 0 fully saturated rings. The first-order valence-corrected chi connectivity index (χ1v) is 6.20. The Kier molecular flexibility index (Phi) is 4.18. The van der Waals surface area contributed by atoms with E-state index in [1.54, 1.807) is 24.3 Å². The van der Waals surface area contributed by atoms with E-state index in [9.17, 15) is 14.0 Å². The number of nitrogens with two attached hydrogens (primary N) is 1. The van der Waals surface area contributed by atoms with Crippen LogP contribution in [-0.2, 0) is 4.79 Å². The minimum absolute atomic E-state index is 0.0329. The predicted octanol–water partition coefficient (Wildman–Crippen LogP) is 2.62. The molecule has 0 saturated heterocycles. The zero-order valence-corrected chi connectivity index (χ0v) is 11.3. The number of rotatable bonds is 3. The van der Waals surface area contributed by atoms with Crippen LogP contribution >= 0.6 is 0 Å². The highest BCUT2D eigenvalue weighted by Gasteiger charge is 2.12. The van der Waals surface area contributed by atoms with Gasteiger partial charge in [-0.05, 0) is 30.3 Å². The Balaban J connectivity index is 2.24. The monoisotopic (exact) mass is 287 g/mol. The lowest BCUT2D eigenvalue weighted by atomic mass is 10.1. The van der Waals surface area contributed by atoms with Gasteiger partial charge in [-0.3, -0.25) is 9.59 Å². The number of hydrogen-bond donors (Lipinski definition) is 3. The Labute approximate surface area is 121 Å². The largest absolute Gasteiger partial charge is 0.398 e. The fourth-order valence-electron chi connectivity index (χ4n) is 1.80. The molecule has 108 valence electrons. The molecule has 0 aromatic heterocycles. The van der Waals surface area contributed by atoms with Crippen molar-refractivity contribution in [1.82, 2.24) is 0 Å². The summed E-state index contributed by atoms with van der Waals surface area (Å²) in [6.45, 7) is 1.34. The van der Waals surface area contributed by atoms with Crippen molar-refractivity contribution in [1.29, 1.82) is 0 Å². The van der Waals surface area contributed by atoms with Crippen LogP contribution in [0.4, 0.5) is 21.5 Å². The molecule has 2 rings (SSSR count). The maximum absolute atomic E-state index is 13.7. The maximum atomic E-state index is 13.7. The molecule has 21 heavy (non-hydrogen) atoms. The fourth-order valence-corrected chi connectivity index (χ4v) is 1.80. The summed E-state index contributed by atoms with van der Waals surface area (Å²) in [5, 5.41) is 4.95. The number of nitrogen functional groups attached to an aromatic ring is 1. The fraction of sp³-hybridized carbons (Fsp3) is 0.0667. The van der Waals surface area contributed by atoms with Gasteiger partial charge < -0.3 is 16.4 Å². The number of carbonyl (C=O) groups excluding carboxylic acids is 2. The summed E-state index contributed by atoms with van der Waals surface area (Å²) in [6, 6.07) is 10.4. The SMILES string of the molecule is CC(=O)Nc1ccc(F)c(NC(=O)c2ccccc2N)c1. The average molecular weight is 287 g/mol. The maximum Gasteiger partial charge on any atom is 0.257 e. The molecule has 2 amide bonds. The number of anilines is 3. The molecule has 2 aromatic rings. The molecule has 0 aliphatic heterocycles. The highest BCUT2D eigenvalue weighted by molar-refractivity contribution is 6.08. The van der Waals surface area contributed by atoms with Crippen molar-refractivity contribution >= 4 is 28.9 Å². The molecule has 5 nitrogen and oxygen atoms in total. The van der Waals surface area contributed by atoms with E-state index >= 15 is 0 Å². The molecule has 0 unspecified atom stereocenters. The van der Waals surface area contributed by atoms with E-state index in [0.717, 1.165) is 6.07 Å². The average Bonchev–Trinajstić information content (AvgIpc) is 2.42. The van der Waals surface area contributed by atoms with Crippen LogP contribution in [-0.4, -0.2) is 11.8 Å². The van der Waals surface area contributed by atoms with Crippen molar-refractivity contribution in [3.05, 3.63) is 53.8 Å². The number of carbonyl (C=O) groups is 2. The van der Waals surface area contributed by atoms with E-state index in [1.807, 2.05) is 0 Å². The van der Waals surface area contributed by atoms with Crippen LogP contribution in [0.2, 0.25) is 0 Å². The minimum atomic E-state index is -0.605. The summed E-state index contributed by atoms with van der Waals surface area (Å²) in [5.41, 5.74) is 6.60. The lowest BCUT2D eigenvalue weighted by Crippen LogP contribution is -2.15. The number of para-hydroxylation sites is 1. The van der Waals surface area contributed by atoms with Crippen molar-refractivity contribution < 1.29 is 14.0 Å². The third-order valence-electron chi connectivity index (χ3n) is 2.74. The van der Waals surface area contributed by atoms with Crippen LogP contribution in [0.1, 0.15) is 17.3 Å². The number of nitrogens with one attached hydrogen (secondary N) is 2. The first-order valence-electron chi connectivity index (χ1n) is 6.20. The van der Waals surface area contributed by atoms with Crippen LogP contribution in [0, 0.1) is 5.82 Å². The van der Waals surface area contributed by atoms with Crippen molar-refractivity contribution in [2.45, 2.75) is 6.92 Å². The molecule has 4 N–H and O–H groups in total. The van der Waals surface area contributed by atoms with Gasteiger partial charge in [0.1, 0.15) is 5.82 Å². The quantitative estimate of drug-likeness (QED) is 0.759. The second-order valence-corrected chi connectivity index (χ2v) is 4.42. The molecule has 2 aromatic carbocycles. The number of halogens is 1. The van der Waals surface area contributed by atoms with E-state index in [2.05, 4.69) is 10.6 Å². The molecule has 0 atom stereocenters. The summed E-state index contributed by atoms with van der Waals surface area (Å²) in [6.07, 6.45) is 0. The van der Waals surface area contributed by atoms with E-state index in [1.165, 1.54) is 19.1 Å². The van der Waals surface area contributed by atoms with Gasteiger partial charge in [-0.2, -0.15) is 0 Å². The van der Waals surface area contributed by atoms with Gasteiger partial charge in [0.15, 0.2) is 0 Å². The molecular weight excluding hydrogens is 273 g/mol.